The van der Waals surface area contributed by atoms with E-state index in [1.54, 1.807) is 0 Å². The Labute approximate surface area is 122 Å². The van der Waals surface area contributed by atoms with Gasteiger partial charge in [-0.05, 0) is 0 Å². The predicted molar refractivity (Wildman–Crippen MR) is 82.5 cm³/mol. The number of aromatic nitrogens is 2. The Kier molecular flexibility index (Phi) is 5.28. The highest BCUT2D eigenvalue weighted by molar-refractivity contribution is 7.87. The van der Waals surface area contributed by atoms with Crippen molar-refractivity contribution in [2.75, 3.05) is 14.1 Å². The van der Waals surface area contributed by atoms with Gasteiger partial charge in [-0.2, -0.15) is 12.7 Å². The van der Waals surface area contributed by atoms with Crippen LogP contribution in [0.5, 0.6) is 0 Å². The first-order chi connectivity index (χ1) is 9.28. The minimum atomic E-state index is -3.65. The molecule has 1 heterocycles. The van der Waals surface area contributed by atoms with Gasteiger partial charge in [0.15, 0.2) is 6.29 Å². The molecule has 1 aromatic heterocycles. The Morgan fingerprint density at radius 2 is 1.75 bits per heavy atom. The largest absolute Gasteiger partial charge is 0.308 e. The highest BCUT2D eigenvalue weighted by atomic mass is 32.2. The molecule has 0 bridgehead atoms. The van der Waals surface area contributed by atoms with Gasteiger partial charge >= 0.3 is 10.2 Å². The Morgan fingerprint density at radius 1 is 1.25 bits per heavy atom. The molecule has 0 unspecified atom stereocenters. The van der Waals surface area contributed by atoms with Crippen LogP contribution in [-0.4, -0.2) is 50.1 Å². The minimum Gasteiger partial charge on any atom is -0.296 e. The van der Waals surface area contributed by atoms with Crippen LogP contribution in [0, 0.1) is 0 Å². The van der Waals surface area contributed by atoms with Crippen molar-refractivity contribution in [1.29, 1.82) is 0 Å². The molecule has 0 saturated carbocycles. The van der Waals surface area contributed by atoms with Crippen molar-refractivity contribution < 1.29 is 13.2 Å². The van der Waals surface area contributed by atoms with Crippen LogP contribution in [0.1, 0.15) is 31.3 Å². The molecule has 0 aliphatic heterocycles. The molecule has 1 aromatic rings. The van der Waals surface area contributed by atoms with E-state index in [-0.39, 0.29) is 5.69 Å². The third kappa shape index (κ3) is 2.72. The summed E-state index contributed by atoms with van der Waals surface area (Å²) in [4.78, 5) is 15.3. The minimum absolute atomic E-state index is 0.178. The monoisotopic (exact) mass is 317 g/mol. The van der Waals surface area contributed by atoms with Crippen LogP contribution in [0.15, 0.2) is 6.20 Å². The molecule has 0 aliphatic rings. The average molecular weight is 317 g/mol. The molecule has 114 valence electrons. The van der Waals surface area contributed by atoms with E-state index in [1.807, 2.05) is 0 Å². The number of rotatable bonds is 7. The fraction of sp³-hybridized carbons (Fsp3) is 0.667. The van der Waals surface area contributed by atoms with E-state index in [9.17, 15) is 13.2 Å². The molecular weight excluding hydrogens is 294 g/mol. The van der Waals surface area contributed by atoms with Crippen LogP contribution < -0.4 is 5.45 Å². The van der Waals surface area contributed by atoms with E-state index >= 15 is 0 Å². The smallest absolute Gasteiger partial charge is 0.296 e. The molecule has 8 heteroatoms. The quantitative estimate of drug-likeness (QED) is 0.557. The number of hydrogen-bond acceptors (Lipinski definition) is 4. The zero-order valence-corrected chi connectivity index (χ0v) is 14.6. The van der Waals surface area contributed by atoms with Crippen molar-refractivity contribution in [3.05, 3.63) is 11.9 Å². The van der Waals surface area contributed by atoms with E-state index in [2.05, 4.69) is 25.8 Å². The van der Waals surface area contributed by atoms with Gasteiger partial charge in [-0.25, -0.2) is 8.96 Å². The van der Waals surface area contributed by atoms with E-state index in [0.717, 1.165) is 22.4 Å². The highest BCUT2D eigenvalue weighted by Gasteiger charge is 2.37. The highest BCUT2D eigenvalue weighted by Crippen LogP contribution is 2.21. The molecule has 1 rings (SSSR count). The van der Waals surface area contributed by atoms with Crippen molar-refractivity contribution in [2.45, 2.75) is 38.9 Å². The third-order valence-corrected chi connectivity index (χ3v) is 11.3. The van der Waals surface area contributed by atoms with Crippen LogP contribution in [0.4, 0.5) is 0 Å². The van der Waals surface area contributed by atoms with E-state index in [4.69, 9.17) is 0 Å². The summed E-state index contributed by atoms with van der Waals surface area (Å²) >= 11 is 0. The summed E-state index contributed by atoms with van der Waals surface area (Å²) in [6.07, 6.45) is 1.94. The van der Waals surface area contributed by atoms with Crippen LogP contribution in [0.3, 0.4) is 0 Å². The zero-order valence-electron chi connectivity index (χ0n) is 12.8. The van der Waals surface area contributed by atoms with Crippen molar-refractivity contribution in [3.63, 3.8) is 0 Å². The van der Waals surface area contributed by atoms with Gasteiger partial charge in [0.25, 0.3) is 0 Å². The van der Waals surface area contributed by atoms with E-state index < -0.39 is 18.3 Å². The molecule has 0 N–H and O–H groups in total. The Balaban J connectivity index is 3.63. The molecule has 0 aliphatic carbocycles. The molecule has 0 saturated heterocycles. The first-order valence-electron chi connectivity index (χ1n) is 6.77. The lowest BCUT2D eigenvalue weighted by Crippen LogP contribution is -2.53. The fourth-order valence-electron chi connectivity index (χ4n) is 2.37. The third-order valence-electron chi connectivity index (χ3n) is 4.03. The summed E-state index contributed by atoms with van der Waals surface area (Å²) in [6.45, 7) is 6.21. The van der Waals surface area contributed by atoms with Gasteiger partial charge in [0.05, 0.1) is 6.20 Å². The zero-order chi connectivity index (χ0) is 15.6. The molecule has 0 fully saturated rings. The lowest BCUT2D eigenvalue weighted by atomic mass is 10.6. The van der Waals surface area contributed by atoms with Gasteiger partial charge < -0.3 is 0 Å². The Bertz CT molecular complexity index is 569. The molecular formula is C12H23N3O3SSi. The summed E-state index contributed by atoms with van der Waals surface area (Å²) in [6, 6.07) is 2.70. The van der Waals surface area contributed by atoms with Gasteiger partial charge in [0.2, 0.25) is 0 Å². The number of nitrogens with zero attached hydrogens (tertiary/aromatic N) is 3. The van der Waals surface area contributed by atoms with Crippen molar-refractivity contribution in [1.82, 2.24) is 13.3 Å². The predicted octanol–water partition coefficient (Wildman–Crippen LogP) is 1.07. The van der Waals surface area contributed by atoms with Crippen molar-refractivity contribution >= 4 is 30.0 Å². The number of imidazole rings is 1. The lowest BCUT2D eigenvalue weighted by Gasteiger charge is -2.28. The standard InChI is InChI=1S/C12H23N3O3SSi/c1-6-20(7-2,8-3)12-13-11(10-16)9-15(12)19(17,18)14(4)5/h9-10H,6-8H2,1-5H3. The maximum atomic E-state index is 12.4. The summed E-state index contributed by atoms with van der Waals surface area (Å²) in [5.74, 6) is 0. The normalized spacial score (nSPS) is 12.9. The van der Waals surface area contributed by atoms with Crippen molar-refractivity contribution in [3.8, 4) is 0 Å². The van der Waals surface area contributed by atoms with Crippen LogP contribution >= 0.6 is 0 Å². The second-order valence-electron chi connectivity index (χ2n) is 5.03. The molecule has 20 heavy (non-hydrogen) atoms. The Morgan fingerprint density at radius 3 is 2.10 bits per heavy atom. The van der Waals surface area contributed by atoms with Crippen LogP contribution in [0.25, 0.3) is 0 Å². The van der Waals surface area contributed by atoms with E-state index in [0.29, 0.717) is 11.7 Å². The first kappa shape index (κ1) is 17.1. The second-order valence-corrected chi connectivity index (χ2v) is 12.2. The summed E-state index contributed by atoms with van der Waals surface area (Å²) in [7, 11) is -2.69. The first-order valence-corrected chi connectivity index (χ1v) is 10.8. The number of carbonyl (C=O) groups is 1. The van der Waals surface area contributed by atoms with Gasteiger partial charge in [-0.1, -0.05) is 38.9 Å². The Hall–Kier alpha value is -0.993. The molecule has 0 aromatic carbocycles. The van der Waals surface area contributed by atoms with Gasteiger partial charge in [0.1, 0.15) is 19.2 Å². The second kappa shape index (κ2) is 6.19. The molecule has 0 radical (unpaired) electrons. The summed E-state index contributed by atoms with van der Waals surface area (Å²) < 4.78 is 27.2. The van der Waals surface area contributed by atoms with Gasteiger partial charge in [-0.15, -0.1) is 0 Å². The average Bonchev–Trinajstić information content (AvgIpc) is 2.87. The molecule has 0 amide bonds. The number of carbonyl (C=O) groups excluding carboxylic acids is 1. The molecule has 6 nitrogen and oxygen atoms in total. The maximum Gasteiger partial charge on any atom is 0.308 e. The van der Waals surface area contributed by atoms with Crippen LogP contribution in [-0.2, 0) is 10.2 Å². The van der Waals surface area contributed by atoms with Crippen LogP contribution in [0.2, 0.25) is 18.1 Å². The molecule has 0 spiro atoms. The molecule has 0 atom stereocenters. The maximum absolute atomic E-state index is 12.4. The topological polar surface area (TPSA) is 72.3 Å². The fourth-order valence-corrected chi connectivity index (χ4v) is 7.49. The van der Waals surface area contributed by atoms with Gasteiger partial charge in [0, 0.05) is 14.1 Å². The van der Waals surface area contributed by atoms with Crippen molar-refractivity contribution in [2.24, 2.45) is 0 Å². The van der Waals surface area contributed by atoms with Gasteiger partial charge in [-0.3, -0.25) is 4.79 Å². The number of hydrogen-bond donors (Lipinski definition) is 0. The summed E-state index contributed by atoms with van der Waals surface area (Å²) in [5.41, 5.74) is 0.762. The van der Waals surface area contributed by atoms with E-state index in [1.165, 1.54) is 24.3 Å². The summed E-state index contributed by atoms with van der Waals surface area (Å²) in [5, 5.41) is 0. The lowest BCUT2D eigenvalue weighted by molar-refractivity contribution is 0.111. The SMILES string of the molecule is CC[Si](CC)(CC)c1nc(C=O)cn1S(=O)(=O)N(C)C. The number of aldehydes is 1.